The molecule has 1 aromatic carbocycles. The zero-order valence-electron chi connectivity index (χ0n) is 18.3. The van der Waals surface area contributed by atoms with Gasteiger partial charge in [0.05, 0.1) is 29.8 Å². The van der Waals surface area contributed by atoms with Crippen molar-refractivity contribution in [2.45, 2.75) is 50.4 Å². The van der Waals surface area contributed by atoms with Crippen molar-refractivity contribution < 1.29 is 14.2 Å². The van der Waals surface area contributed by atoms with Crippen molar-refractivity contribution in [3.8, 4) is 5.75 Å². The zero-order chi connectivity index (χ0) is 21.3. The van der Waals surface area contributed by atoms with Crippen LogP contribution in [0.15, 0.2) is 35.1 Å². The van der Waals surface area contributed by atoms with Crippen molar-refractivity contribution in [1.29, 1.82) is 0 Å². The molecule has 1 aromatic heterocycles. The highest BCUT2D eigenvalue weighted by molar-refractivity contribution is 5.84. The summed E-state index contributed by atoms with van der Waals surface area (Å²) in [4.78, 5) is 7.07. The fourth-order valence-electron chi connectivity index (χ4n) is 4.89. The Morgan fingerprint density at radius 1 is 1.29 bits per heavy atom. The second-order valence-corrected chi connectivity index (χ2v) is 8.74. The molecule has 5 rings (SSSR count). The number of rotatable bonds is 6. The number of aliphatic imine (C=N–C) groups is 1. The first-order valence-corrected chi connectivity index (χ1v) is 11.2. The lowest BCUT2D eigenvalue weighted by Crippen LogP contribution is -2.46. The first-order chi connectivity index (χ1) is 15.2. The zero-order valence-corrected chi connectivity index (χ0v) is 18.3. The molecule has 1 unspecified atom stereocenters. The molecule has 2 N–H and O–H groups in total. The minimum Gasteiger partial charge on any atom is -0.488 e. The number of nitrogens with zero attached hydrogens (tertiary/aromatic N) is 3. The second-order valence-electron chi connectivity index (χ2n) is 8.74. The Hall–Kier alpha value is -2.58. The molecular weight excluding hydrogens is 394 g/mol. The number of hydrogen-bond donors (Lipinski definition) is 2. The molecule has 8 nitrogen and oxygen atoms in total. The van der Waals surface area contributed by atoms with Crippen molar-refractivity contribution in [1.82, 2.24) is 20.4 Å². The molecule has 2 atom stereocenters. The molecule has 1 spiro atoms. The molecule has 3 aliphatic heterocycles. The summed E-state index contributed by atoms with van der Waals surface area (Å²) in [6.45, 7) is 5.45. The van der Waals surface area contributed by atoms with Gasteiger partial charge in [0.2, 0.25) is 0 Å². The van der Waals surface area contributed by atoms with E-state index in [4.69, 9.17) is 14.2 Å². The summed E-state index contributed by atoms with van der Waals surface area (Å²) < 4.78 is 17.2. The average Bonchev–Trinajstić information content (AvgIpc) is 3.41. The summed E-state index contributed by atoms with van der Waals surface area (Å²) in [6, 6.07) is 5.84. The van der Waals surface area contributed by atoms with Crippen LogP contribution in [0.4, 0.5) is 0 Å². The van der Waals surface area contributed by atoms with Crippen molar-refractivity contribution in [3.05, 3.63) is 35.8 Å². The highest BCUT2D eigenvalue weighted by Gasteiger charge is 2.39. The molecule has 4 heterocycles. The largest absolute Gasteiger partial charge is 0.488 e. The van der Waals surface area contributed by atoms with Gasteiger partial charge in [0.15, 0.2) is 0 Å². The number of hydrogen-bond acceptors (Lipinski definition) is 7. The van der Waals surface area contributed by atoms with Crippen LogP contribution in [0.2, 0.25) is 0 Å². The van der Waals surface area contributed by atoms with E-state index in [0.717, 1.165) is 60.7 Å². The molecule has 0 amide bonds. The van der Waals surface area contributed by atoms with Gasteiger partial charge < -0.3 is 24.4 Å². The topological polar surface area (TPSA) is 84.0 Å². The number of aromatic amines is 1. The van der Waals surface area contributed by atoms with Crippen molar-refractivity contribution in [2.24, 2.45) is 4.99 Å². The van der Waals surface area contributed by atoms with Gasteiger partial charge in [0, 0.05) is 32.2 Å². The molecular formula is C23H31N5O3. The Balaban J connectivity index is 1.34. The van der Waals surface area contributed by atoms with Crippen LogP contribution in [0.5, 0.6) is 5.75 Å². The predicted octanol–water partition coefficient (Wildman–Crippen LogP) is 3.14. The summed E-state index contributed by atoms with van der Waals surface area (Å²) in [6.07, 6.45) is 8.52. The molecule has 166 valence electrons. The smallest absolute Gasteiger partial charge is 0.120 e. The van der Waals surface area contributed by atoms with E-state index < -0.39 is 0 Å². The molecule has 2 saturated heterocycles. The summed E-state index contributed by atoms with van der Waals surface area (Å²) in [5.74, 6) is 1.91. The molecule has 2 fully saturated rings. The van der Waals surface area contributed by atoms with Gasteiger partial charge >= 0.3 is 0 Å². The SMILES string of the molecule is COC[C@H](C)Oc1ccc2n[nH]c(C3C=C(N4CCC5(CCCO5)CC4)NC=N3)c2c1. The number of methoxy groups -OCH3 is 1. The van der Waals surface area contributed by atoms with Crippen LogP contribution in [0.3, 0.4) is 0 Å². The van der Waals surface area contributed by atoms with Crippen molar-refractivity contribution in [3.63, 3.8) is 0 Å². The van der Waals surface area contributed by atoms with Crippen LogP contribution in [0.1, 0.15) is 44.3 Å². The molecule has 8 heteroatoms. The third-order valence-corrected chi connectivity index (χ3v) is 6.55. The lowest BCUT2D eigenvalue weighted by atomic mass is 9.88. The van der Waals surface area contributed by atoms with Crippen LogP contribution in [0, 0.1) is 0 Å². The quantitative estimate of drug-likeness (QED) is 0.740. The van der Waals surface area contributed by atoms with E-state index in [0.29, 0.717) is 6.61 Å². The Bertz CT molecular complexity index is 969. The van der Waals surface area contributed by atoms with Crippen LogP contribution >= 0.6 is 0 Å². The molecule has 0 aliphatic carbocycles. The van der Waals surface area contributed by atoms with Crippen LogP contribution < -0.4 is 10.1 Å². The fourth-order valence-corrected chi connectivity index (χ4v) is 4.89. The van der Waals surface area contributed by atoms with Gasteiger partial charge in [-0.3, -0.25) is 10.1 Å². The number of benzene rings is 1. The highest BCUT2D eigenvalue weighted by Crippen LogP contribution is 2.37. The van der Waals surface area contributed by atoms with E-state index in [1.165, 1.54) is 12.8 Å². The van der Waals surface area contributed by atoms with Crippen LogP contribution in [0.25, 0.3) is 10.9 Å². The Morgan fingerprint density at radius 2 is 2.16 bits per heavy atom. The summed E-state index contributed by atoms with van der Waals surface area (Å²) in [5.41, 5.74) is 2.00. The molecule has 3 aliphatic rings. The van der Waals surface area contributed by atoms with Gasteiger partial charge in [0.1, 0.15) is 23.7 Å². The Kier molecular flexibility index (Phi) is 5.58. The van der Waals surface area contributed by atoms with Gasteiger partial charge in [-0.25, -0.2) is 0 Å². The Morgan fingerprint density at radius 3 is 2.94 bits per heavy atom. The van der Waals surface area contributed by atoms with E-state index >= 15 is 0 Å². The standard InChI is InChI=1S/C23H31N5O3/c1-16(14-29-2)31-17-4-5-19-18(12-17)22(27-26-19)20-13-21(25-15-24-20)28-9-7-23(8-10-28)6-3-11-30-23/h4-5,12-13,15-16,20H,3,6-11,14H2,1-2H3,(H,24,25)(H,26,27)/t16-,20?/m0/s1. The molecule has 0 saturated carbocycles. The predicted molar refractivity (Wildman–Crippen MR) is 119 cm³/mol. The summed E-state index contributed by atoms with van der Waals surface area (Å²) >= 11 is 0. The molecule has 31 heavy (non-hydrogen) atoms. The van der Waals surface area contributed by atoms with E-state index in [2.05, 4.69) is 31.5 Å². The molecule has 0 radical (unpaired) electrons. The average molecular weight is 426 g/mol. The normalized spacial score (nSPS) is 23.7. The highest BCUT2D eigenvalue weighted by atomic mass is 16.5. The van der Waals surface area contributed by atoms with Crippen molar-refractivity contribution >= 4 is 17.2 Å². The monoisotopic (exact) mass is 425 g/mol. The molecule has 0 bridgehead atoms. The minimum atomic E-state index is -0.119. The van der Waals surface area contributed by atoms with Crippen LogP contribution in [-0.2, 0) is 9.47 Å². The first kappa shape index (κ1) is 20.3. The number of ether oxygens (including phenoxy) is 3. The van der Waals surface area contributed by atoms with E-state index in [9.17, 15) is 0 Å². The maximum atomic E-state index is 6.07. The summed E-state index contributed by atoms with van der Waals surface area (Å²) in [7, 11) is 1.68. The summed E-state index contributed by atoms with van der Waals surface area (Å²) in [5, 5.41) is 12.0. The molecule has 2 aromatic rings. The van der Waals surface area contributed by atoms with Gasteiger partial charge in [-0.05, 0) is 56.9 Å². The van der Waals surface area contributed by atoms with Gasteiger partial charge in [-0.1, -0.05) is 0 Å². The number of nitrogens with one attached hydrogen (secondary N) is 2. The van der Waals surface area contributed by atoms with Gasteiger partial charge in [0.25, 0.3) is 0 Å². The van der Waals surface area contributed by atoms with Gasteiger partial charge in [-0.2, -0.15) is 5.10 Å². The maximum absolute atomic E-state index is 6.07. The number of likely N-dealkylation sites (tertiary alicyclic amines) is 1. The van der Waals surface area contributed by atoms with E-state index in [1.807, 2.05) is 25.1 Å². The van der Waals surface area contributed by atoms with E-state index in [-0.39, 0.29) is 17.7 Å². The van der Waals surface area contributed by atoms with Gasteiger partial charge in [-0.15, -0.1) is 0 Å². The third-order valence-electron chi connectivity index (χ3n) is 6.55. The first-order valence-electron chi connectivity index (χ1n) is 11.2. The van der Waals surface area contributed by atoms with Crippen molar-refractivity contribution in [2.75, 3.05) is 33.4 Å². The van der Waals surface area contributed by atoms with Crippen LogP contribution in [-0.4, -0.2) is 66.6 Å². The number of piperidine rings is 1. The van der Waals surface area contributed by atoms with E-state index in [1.54, 1.807) is 13.4 Å². The minimum absolute atomic E-state index is 0.0209. The number of H-pyrrole nitrogens is 1. The maximum Gasteiger partial charge on any atom is 0.120 e. The fraction of sp³-hybridized carbons (Fsp3) is 0.565. The number of fused-ring (bicyclic) bond motifs is 1. The lowest BCUT2D eigenvalue weighted by molar-refractivity contribution is -0.0384. The number of aromatic nitrogens is 2. The Labute approximate surface area is 182 Å². The third kappa shape index (κ3) is 4.14. The lowest BCUT2D eigenvalue weighted by Gasteiger charge is -2.41. The second kappa shape index (κ2) is 8.51.